The molecule has 0 aliphatic heterocycles. The molecule has 0 aliphatic carbocycles. The van der Waals surface area contributed by atoms with E-state index in [1.807, 2.05) is 13.8 Å². The third kappa shape index (κ3) is 4.26. The van der Waals surface area contributed by atoms with E-state index >= 15 is 0 Å². The zero-order valence-electron chi connectivity index (χ0n) is 12.0. The maximum absolute atomic E-state index is 5.70. The largest absolute Gasteiger partial charge is 0.332 e. The quantitative estimate of drug-likeness (QED) is 0.660. The van der Waals surface area contributed by atoms with Crippen LogP contribution in [0.1, 0.15) is 19.4 Å². The lowest BCUT2D eigenvalue weighted by molar-refractivity contribution is 0.172. The first kappa shape index (κ1) is 15.4. The monoisotopic (exact) mass is 292 g/mol. The zero-order valence-corrected chi connectivity index (χ0v) is 12.9. The van der Waals surface area contributed by atoms with Crippen LogP contribution in [0, 0.1) is 0 Å². The Labute approximate surface area is 121 Å². The van der Waals surface area contributed by atoms with Gasteiger partial charge in [-0.3, -0.25) is 0 Å². The summed E-state index contributed by atoms with van der Waals surface area (Å²) in [5.41, 5.74) is 1.30. The maximum atomic E-state index is 5.70. The van der Waals surface area contributed by atoms with Crippen molar-refractivity contribution in [2.45, 2.75) is 20.3 Å². The molecule has 2 rings (SSSR count). The van der Waals surface area contributed by atoms with Crippen LogP contribution < -0.4 is 0 Å². The Morgan fingerprint density at radius 2 is 1.55 bits per heavy atom. The van der Waals surface area contributed by atoms with Crippen molar-refractivity contribution in [1.82, 2.24) is 0 Å². The van der Waals surface area contributed by atoms with Crippen LogP contribution in [0.3, 0.4) is 0 Å². The number of hydrogen-bond acceptors (Lipinski definition) is 3. The van der Waals surface area contributed by atoms with Gasteiger partial charge >= 0.3 is 8.60 Å². The summed E-state index contributed by atoms with van der Waals surface area (Å²) in [5.74, 6) is 0. The highest BCUT2D eigenvalue weighted by Crippen LogP contribution is 2.39. The minimum absolute atomic E-state index is 0.611. The summed E-state index contributed by atoms with van der Waals surface area (Å²) in [7, 11) is -1.20. The first-order chi connectivity index (χ1) is 9.85. The lowest BCUT2D eigenvalue weighted by Crippen LogP contribution is -2.00. The van der Waals surface area contributed by atoms with Gasteiger partial charge in [-0.05, 0) is 36.6 Å². The van der Waals surface area contributed by atoms with Crippen molar-refractivity contribution >= 4 is 19.4 Å². The lowest BCUT2D eigenvalue weighted by Gasteiger charge is -2.15. The predicted octanol–water partition coefficient (Wildman–Crippen LogP) is 4.70. The maximum Gasteiger partial charge on any atom is 0.332 e. The third-order valence-electron chi connectivity index (χ3n) is 2.92. The molecule has 2 aromatic carbocycles. The van der Waals surface area contributed by atoms with Crippen molar-refractivity contribution in [2.24, 2.45) is 0 Å². The van der Waals surface area contributed by atoms with Crippen LogP contribution in [0.4, 0.5) is 0 Å². The summed E-state index contributed by atoms with van der Waals surface area (Å²) in [6.07, 6.45) is 0.861. The molecule has 0 aliphatic rings. The van der Waals surface area contributed by atoms with E-state index in [0.29, 0.717) is 19.8 Å². The van der Waals surface area contributed by atoms with Crippen LogP contribution in [0.5, 0.6) is 0 Å². The second kappa shape index (κ2) is 8.33. The molecule has 0 heterocycles. The molecule has 0 saturated heterocycles. The van der Waals surface area contributed by atoms with Crippen molar-refractivity contribution in [3.63, 3.8) is 0 Å². The number of fused-ring (bicyclic) bond motifs is 1. The third-order valence-corrected chi connectivity index (χ3v) is 4.25. The van der Waals surface area contributed by atoms with Gasteiger partial charge in [0.25, 0.3) is 0 Å². The second-order valence-corrected chi connectivity index (χ2v) is 5.50. The standard InChI is InChI=1S/C16H21O3P/c1-3-17-20(18-4-2)19-13-12-15-10-7-9-14-8-5-6-11-16(14)15/h5-11H,3-4,12-13H2,1-2H3. The fraction of sp³-hybridized carbons (Fsp3) is 0.375. The Kier molecular flexibility index (Phi) is 6.41. The van der Waals surface area contributed by atoms with Gasteiger partial charge in [0.05, 0.1) is 19.8 Å². The SMILES string of the molecule is CCOP(OCC)OCCc1cccc2ccccc12. The second-order valence-electron chi connectivity index (χ2n) is 4.28. The normalized spacial score (nSPS) is 11.3. The molecule has 0 bridgehead atoms. The van der Waals surface area contributed by atoms with Gasteiger partial charge in [0, 0.05) is 0 Å². The fourth-order valence-corrected chi connectivity index (χ4v) is 2.95. The predicted molar refractivity (Wildman–Crippen MR) is 83.8 cm³/mol. The molecule has 0 fully saturated rings. The van der Waals surface area contributed by atoms with E-state index in [1.54, 1.807) is 0 Å². The number of benzene rings is 2. The Balaban J connectivity index is 1.95. The van der Waals surface area contributed by atoms with Gasteiger partial charge in [0.2, 0.25) is 0 Å². The van der Waals surface area contributed by atoms with Crippen LogP contribution in [-0.4, -0.2) is 19.8 Å². The fourth-order valence-electron chi connectivity index (χ4n) is 2.06. The molecular weight excluding hydrogens is 271 g/mol. The summed E-state index contributed by atoms with van der Waals surface area (Å²) < 4.78 is 16.6. The van der Waals surface area contributed by atoms with Crippen molar-refractivity contribution in [1.29, 1.82) is 0 Å². The van der Waals surface area contributed by atoms with Gasteiger partial charge in [-0.2, -0.15) is 0 Å². The van der Waals surface area contributed by atoms with Crippen LogP contribution in [0.2, 0.25) is 0 Å². The topological polar surface area (TPSA) is 27.7 Å². The van der Waals surface area contributed by atoms with Gasteiger partial charge < -0.3 is 13.6 Å². The average Bonchev–Trinajstić information content (AvgIpc) is 2.48. The van der Waals surface area contributed by atoms with Crippen LogP contribution in [0.25, 0.3) is 10.8 Å². The Hall–Kier alpha value is -0.990. The number of hydrogen-bond donors (Lipinski definition) is 0. The van der Waals surface area contributed by atoms with Crippen molar-refractivity contribution in [3.05, 3.63) is 48.0 Å². The number of rotatable bonds is 8. The molecule has 0 N–H and O–H groups in total. The summed E-state index contributed by atoms with van der Waals surface area (Å²) in [6.45, 7) is 5.73. The molecule has 0 aromatic heterocycles. The molecule has 0 radical (unpaired) electrons. The summed E-state index contributed by atoms with van der Waals surface area (Å²) in [4.78, 5) is 0. The van der Waals surface area contributed by atoms with E-state index in [9.17, 15) is 0 Å². The Morgan fingerprint density at radius 3 is 2.30 bits per heavy atom. The highest BCUT2D eigenvalue weighted by atomic mass is 31.2. The van der Waals surface area contributed by atoms with E-state index in [-0.39, 0.29) is 0 Å². The Morgan fingerprint density at radius 1 is 0.850 bits per heavy atom. The molecule has 0 atom stereocenters. The van der Waals surface area contributed by atoms with Crippen molar-refractivity contribution in [3.8, 4) is 0 Å². The average molecular weight is 292 g/mol. The highest BCUT2D eigenvalue weighted by molar-refractivity contribution is 7.41. The van der Waals surface area contributed by atoms with E-state index in [1.165, 1.54) is 16.3 Å². The van der Waals surface area contributed by atoms with Crippen molar-refractivity contribution in [2.75, 3.05) is 19.8 Å². The van der Waals surface area contributed by atoms with Crippen LogP contribution >= 0.6 is 8.60 Å². The first-order valence-electron chi connectivity index (χ1n) is 7.00. The molecule has 0 saturated carbocycles. The summed E-state index contributed by atoms with van der Waals surface area (Å²) in [5, 5.41) is 2.55. The molecular formula is C16H21O3P. The summed E-state index contributed by atoms with van der Waals surface area (Å²) in [6, 6.07) is 14.8. The van der Waals surface area contributed by atoms with Gasteiger partial charge in [-0.15, -0.1) is 0 Å². The minimum Gasteiger partial charge on any atom is -0.313 e. The van der Waals surface area contributed by atoms with E-state index in [0.717, 1.165) is 6.42 Å². The van der Waals surface area contributed by atoms with Gasteiger partial charge in [0.1, 0.15) is 0 Å². The molecule has 20 heavy (non-hydrogen) atoms. The first-order valence-corrected chi connectivity index (χ1v) is 8.10. The molecule has 3 nitrogen and oxygen atoms in total. The van der Waals surface area contributed by atoms with Gasteiger partial charge in [0.15, 0.2) is 0 Å². The smallest absolute Gasteiger partial charge is 0.313 e. The van der Waals surface area contributed by atoms with Crippen LogP contribution in [0.15, 0.2) is 42.5 Å². The molecule has 0 unspecified atom stereocenters. The molecule has 4 heteroatoms. The van der Waals surface area contributed by atoms with E-state index in [4.69, 9.17) is 13.6 Å². The molecule has 0 spiro atoms. The molecule has 0 amide bonds. The lowest BCUT2D eigenvalue weighted by atomic mass is 10.0. The molecule has 2 aromatic rings. The van der Waals surface area contributed by atoms with Gasteiger partial charge in [-0.25, -0.2) is 0 Å². The van der Waals surface area contributed by atoms with E-state index in [2.05, 4.69) is 42.5 Å². The summed E-state index contributed by atoms with van der Waals surface area (Å²) >= 11 is 0. The van der Waals surface area contributed by atoms with Gasteiger partial charge in [-0.1, -0.05) is 42.5 Å². The zero-order chi connectivity index (χ0) is 14.2. The highest BCUT2D eigenvalue weighted by Gasteiger charge is 2.10. The minimum atomic E-state index is -1.20. The Bertz CT molecular complexity index is 519. The van der Waals surface area contributed by atoms with Crippen LogP contribution in [-0.2, 0) is 20.0 Å². The molecule has 108 valence electrons. The van der Waals surface area contributed by atoms with E-state index < -0.39 is 8.60 Å². The van der Waals surface area contributed by atoms with Crippen molar-refractivity contribution < 1.29 is 13.6 Å².